The Morgan fingerprint density at radius 3 is 3.09 bits per heavy atom. The number of hydrogen-bond donors (Lipinski definition) is 2. The van der Waals surface area contributed by atoms with Gasteiger partial charge in [0.1, 0.15) is 30.3 Å². The number of fused-ring (bicyclic) bond motifs is 1. The highest BCUT2D eigenvalue weighted by atomic mass is 16.7. The summed E-state index contributed by atoms with van der Waals surface area (Å²) in [6.45, 7) is -0.290. The van der Waals surface area contributed by atoms with Crippen LogP contribution in [0.3, 0.4) is 0 Å². The number of imidazole rings is 1. The van der Waals surface area contributed by atoms with Gasteiger partial charge >= 0.3 is 6.16 Å². The zero-order chi connectivity index (χ0) is 15.7. The van der Waals surface area contributed by atoms with Crippen molar-refractivity contribution in [1.82, 2.24) is 19.5 Å². The van der Waals surface area contributed by atoms with Gasteiger partial charge in [-0.15, -0.1) is 0 Å². The van der Waals surface area contributed by atoms with Gasteiger partial charge in [0.15, 0.2) is 11.5 Å². The predicted molar refractivity (Wildman–Crippen MR) is 72.6 cm³/mol. The minimum atomic E-state index is -0.824. The topological polar surface area (TPSA) is 135 Å². The number of nitrogens with two attached hydrogens (primary N) is 1. The fourth-order valence-corrected chi connectivity index (χ4v) is 2.41. The van der Waals surface area contributed by atoms with Gasteiger partial charge in [0.2, 0.25) is 0 Å². The Balaban J connectivity index is 1.86. The van der Waals surface area contributed by atoms with E-state index < -0.39 is 24.6 Å². The zero-order valence-corrected chi connectivity index (χ0v) is 11.7. The molecule has 2 aromatic heterocycles. The smallest absolute Gasteiger partial charge is 0.438 e. The molecule has 0 aromatic carbocycles. The summed E-state index contributed by atoms with van der Waals surface area (Å²) in [4.78, 5) is 23.4. The van der Waals surface area contributed by atoms with E-state index in [1.54, 1.807) is 4.57 Å². The summed E-state index contributed by atoms with van der Waals surface area (Å²) >= 11 is 0. The molecule has 0 radical (unpaired) electrons. The van der Waals surface area contributed by atoms with Gasteiger partial charge < -0.3 is 25.1 Å². The standard InChI is InChI=1S/C12H15N5O5/c1-20-12(19)22-6-2-8(21-7(6)3-18)17-5-16-9-10(13)14-4-15-11(9)17/h4-8,18H,2-3H2,1H3,(H2,13,14,15)/t6-,7+,8+/m0/s1. The molecule has 0 aliphatic carbocycles. The first-order valence-electron chi connectivity index (χ1n) is 6.58. The maximum Gasteiger partial charge on any atom is 0.508 e. The van der Waals surface area contributed by atoms with E-state index in [9.17, 15) is 9.90 Å². The highest BCUT2D eigenvalue weighted by Gasteiger charge is 2.39. The third-order valence-electron chi connectivity index (χ3n) is 3.47. The van der Waals surface area contributed by atoms with Crippen LogP contribution < -0.4 is 5.73 Å². The molecule has 3 rings (SSSR count). The van der Waals surface area contributed by atoms with E-state index in [0.29, 0.717) is 17.6 Å². The average Bonchev–Trinajstić information content (AvgIpc) is 3.11. The molecule has 1 fully saturated rings. The highest BCUT2D eigenvalue weighted by Crippen LogP contribution is 2.33. The van der Waals surface area contributed by atoms with Gasteiger partial charge in [-0.3, -0.25) is 4.57 Å². The quantitative estimate of drug-likeness (QED) is 0.741. The van der Waals surface area contributed by atoms with Crippen molar-refractivity contribution in [3.8, 4) is 0 Å². The predicted octanol–water partition coefficient (Wildman–Crippen LogP) is -0.160. The molecule has 3 heterocycles. The number of nitrogen functional groups attached to an aromatic ring is 1. The molecule has 1 saturated heterocycles. The molecule has 2 aromatic rings. The van der Waals surface area contributed by atoms with Gasteiger partial charge in [-0.05, 0) is 0 Å². The number of hydrogen-bond acceptors (Lipinski definition) is 9. The first-order valence-corrected chi connectivity index (χ1v) is 6.58. The molecule has 3 atom stereocenters. The Morgan fingerprint density at radius 1 is 1.55 bits per heavy atom. The van der Waals surface area contributed by atoms with Gasteiger partial charge in [0.25, 0.3) is 0 Å². The Morgan fingerprint density at radius 2 is 2.36 bits per heavy atom. The van der Waals surface area contributed by atoms with Crippen LogP contribution in [-0.2, 0) is 14.2 Å². The summed E-state index contributed by atoms with van der Waals surface area (Å²) in [5, 5.41) is 9.37. The summed E-state index contributed by atoms with van der Waals surface area (Å²) in [5.74, 6) is 0.266. The zero-order valence-electron chi connectivity index (χ0n) is 11.7. The van der Waals surface area contributed by atoms with Crippen molar-refractivity contribution in [1.29, 1.82) is 0 Å². The van der Waals surface area contributed by atoms with Crippen LogP contribution in [-0.4, -0.2) is 56.7 Å². The van der Waals surface area contributed by atoms with E-state index >= 15 is 0 Å². The number of methoxy groups -OCH3 is 1. The van der Waals surface area contributed by atoms with Crippen LogP contribution in [0.2, 0.25) is 0 Å². The second-order valence-corrected chi connectivity index (χ2v) is 4.74. The number of carbonyl (C=O) groups excluding carboxylic acids is 1. The number of rotatable bonds is 3. The molecule has 0 bridgehead atoms. The molecular weight excluding hydrogens is 294 g/mol. The Hall–Kier alpha value is -2.46. The third kappa shape index (κ3) is 2.42. The van der Waals surface area contributed by atoms with Gasteiger partial charge in [0.05, 0.1) is 20.0 Å². The fraction of sp³-hybridized carbons (Fsp3) is 0.500. The van der Waals surface area contributed by atoms with E-state index in [1.807, 2.05) is 0 Å². The molecule has 118 valence electrons. The van der Waals surface area contributed by atoms with Crippen molar-refractivity contribution in [3.63, 3.8) is 0 Å². The molecule has 1 aliphatic heterocycles. The Labute approximate surface area is 124 Å². The van der Waals surface area contributed by atoms with Crippen LogP contribution in [0.5, 0.6) is 0 Å². The van der Waals surface area contributed by atoms with E-state index in [1.165, 1.54) is 19.8 Å². The third-order valence-corrected chi connectivity index (χ3v) is 3.47. The highest BCUT2D eigenvalue weighted by molar-refractivity contribution is 5.81. The maximum atomic E-state index is 11.2. The lowest BCUT2D eigenvalue weighted by Crippen LogP contribution is -2.30. The number of aromatic nitrogens is 4. The Bertz CT molecular complexity index is 690. The molecule has 0 unspecified atom stereocenters. The van der Waals surface area contributed by atoms with E-state index in [4.69, 9.17) is 15.2 Å². The van der Waals surface area contributed by atoms with E-state index in [-0.39, 0.29) is 12.4 Å². The molecule has 0 spiro atoms. The van der Waals surface area contributed by atoms with Crippen LogP contribution in [0.15, 0.2) is 12.7 Å². The maximum absolute atomic E-state index is 11.2. The molecule has 0 amide bonds. The van der Waals surface area contributed by atoms with Crippen molar-refractivity contribution in [3.05, 3.63) is 12.7 Å². The largest absolute Gasteiger partial charge is 0.508 e. The van der Waals surface area contributed by atoms with Crippen molar-refractivity contribution in [2.75, 3.05) is 19.5 Å². The second-order valence-electron chi connectivity index (χ2n) is 4.74. The lowest BCUT2D eigenvalue weighted by molar-refractivity contribution is -0.0535. The van der Waals surface area contributed by atoms with E-state index in [0.717, 1.165) is 0 Å². The number of carbonyl (C=O) groups is 1. The normalized spacial score (nSPS) is 24.5. The van der Waals surface area contributed by atoms with Gasteiger partial charge in [-0.25, -0.2) is 19.7 Å². The molecule has 3 N–H and O–H groups in total. The lowest BCUT2D eigenvalue weighted by Gasteiger charge is -2.15. The molecular formula is C12H15N5O5. The molecule has 22 heavy (non-hydrogen) atoms. The fourth-order valence-electron chi connectivity index (χ4n) is 2.41. The SMILES string of the molecule is COC(=O)O[C@H]1C[C@H](n2cnc3c(N)ncnc32)O[C@@H]1CO. The summed E-state index contributed by atoms with van der Waals surface area (Å²) in [6, 6.07) is 0. The first-order chi connectivity index (χ1) is 10.6. The summed E-state index contributed by atoms with van der Waals surface area (Å²) in [7, 11) is 1.21. The van der Waals surface area contributed by atoms with Crippen molar-refractivity contribution in [2.45, 2.75) is 24.9 Å². The second kappa shape index (κ2) is 5.73. The number of aliphatic hydroxyl groups is 1. The number of anilines is 1. The van der Waals surface area contributed by atoms with Crippen LogP contribution >= 0.6 is 0 Å². The van der Waals surface area contributed by atoms with Crippen molar-refractivity contribution >= 4 is 23.1 Å². The van der Waals surface area contributed by atoms with Gasteiger partial charge in [-0.1, -0.05) is 0 Å². The van der Waals surface area contributed by atoms with Crippen LogP contribution in [0.4, 0.5) is 10.6 Å². The molecule has 1 aliphatic rings. The van der Waals surface area contributed by atoms with E-state index in [2.05, 4.69) is 19.7 Å². The number of aliphatic hydroxyl groups excluding tert-OH is 1. The molecule has 10 nitrogen and oxygen atoms in total. The summed E-state index contributed by atoms with van der Waals surface area (Å²) in [5.41, 5.74) is 6.71. The summed E-state index contributed by atoms with van der Waals surface area (Å²) < 4.78 is 16.9. The van der Waals surface area contributed by atoms with Gasteiger partial charge in [-0.2, -0.15) is 0 Å². The van der Waals surface area contributed by atoms with Gasteiger partial charge in [0, 0.05) is 6.42 Å². The minimum Gasteiger partial charge on any atom is -0.438 e. The van der Waals surface area contributed by atoms with Crippen LogP contribution in [0.1, 0.15) is 12.6 Å². The average molecular weight is 309 g/mol. The van der Waals surface area contributed by atoms with Crippen LogP contribution in [0, 0.1) is 0 Å². The molecule has 0 saturated carbocycles. The number of nitrogens with zero attached hydrogens (tertiary/aromatic N) is 4. The Kier molecular flexibility index (Phi) is 3.77. The van der Waals surface area contributed by atoms with Crippen molar-refractivity contribution in [2.24, 2.45) is 0 Å². The lowest BCUT2D eigenvalue weighted by atomic mass is 10.2. The summed E-state index contributed by atoms with van der Waals surface area (Å²) in [6.07, 6.45) is 0.586. The minimum absolute atomic E-state index is 0.266. The van der Waals surface area contributed by atoms with Crippen LogP contribution in [0.25, 0.3) is 11.2 Å². The van der Waals surface area contributed by atoms with Crippen molar-refractivity contribution < 1.29 is 24.1 Å². The first kappa shape index (κ1) is 14.5. The molecule has 10 heteroatoms. The number of ether oxygens (including phenoxy) is 3. The monoisotopic (exact) mass is 309 g/mol.